The molecule has 1 aliphatic carbocycles. The third-order valence-electron chi connectivity index (χ3n) is 5.00. The van der Waals surface area contributed by atoms with Gasteiger partial charge in [-0.3, -0.25) is 0 Å². The Labute approximate surface area is 131 Å². The van der Waals surface area contributed by atoms with Crippen LogP contribution in [0.1, 0.15) is 51.2 Å². The first kappa shape index (κ1) is 15.3. The predicted octanol–water partition coefficient (Wildman–Crippen LogP) is 4.48. The van der Waals surface area contributed by atoms with Crippen molar-refractivity contribution in [1.29, 1.82) is 0 Å². The Morgan fingerprint density at radius 2 is 1.95 bits per heavy atom. The van der Waals surface area contributed by atoms with Crippen molar-refractivity contribution < 1.29 is 9.13 Å². The Kier molecular flexibility index (Phi) is 4.02. The predicted molar refractivity (Wildman–Crippen MR) is 83.1 cm³/mol. The zero-order valence-electron chi connectivity index (χ0n) is 12.7. The van der Waals surface area contributed by atoms with Crippen molar-refractivity contribution in [2.75, 3.05) is 13.1 Å². The minimum absolute atomic E-state index is 0.0435. The van der Waals surface area contributed by atoms with Crippen LogP contribution in [0.25, 0.3) is 0 Å². The summed E-state index contributed by atoms with van der Waals surface area (Å²) >= 11 is 5.90. The first-order chi connectivity index (χ1) is 9.89. The van der Waals surface area contributed by atoms with Gasteiger partial charge in [0.1, 0.15) is 5.82 Å². The van der Waals surface area contributed by atoms with Crippen molar-refractivity contribution in [2.45, 2.75) is 51.2 Å². The van der Waals surface area contributed by atoms with Crippen LogP contribution in [0.4, 0.5) is 4.39 Å². The molecule has 1 aromatic rings. The lowest BCUT2D eigenvalue weighted by Gasteiger charge is -2.48. The molecule has 0 radical (unpaired) electrons. The Hall–Kier alpha value is -0.640. The molecule has 1 aliphatic heterocycles. The molecule has 2 nitrogen and oxygen atoms in total. The number of halogens is 2. The quantitative estimate of drug-likeness (QED) is 0.825. The highest BCUT2D eigenvalue weighted by molar-refractivity contribution is 6.30. The second-order valence-corrected chi connectivity index (χ2v) is 7.67. The molecule has 3 rings (SSSR count). The van der Waals surface area contributed by atoms with Gasteiger partial charge in [-0.05, 0) is 48.8 Å². The molecule has 1 aromatic carbocycles. The molecule has 0 bridgehead atoms. The Balaban J connectivity index is 1.75. The van der Waals surface area contributed by atoms with Gasteiger partial charge in [0, 0.05) is 13.1 Å². The van der Waals surface area contributed by atoms with Crippen molar-refractivity contribution in [3.63, 3.8) is 0 Å². The molecule has 1 atom stereocenters. The highest BCUT2D eigenvalue weighted by Gasteiger charge is 2.42. The van der Waals surface area contributed by atoms with Crippen molar-refractivity contribution in [2.24, 2.45) is 5.41 Å². The van der Waals surface area contributed by atoms with E-state index in [-0.39, 0.29) is 22.5 Å². The molecule has 0 aromatic heterocycles. The van der Waals surface area contributed by atoms with Gasteiger partial charge in [0.2, 0.25) is 0 Å². The smallest absolute Gasteiger partial charge is 0.141 e. The topological polar surface area (TPSA) is 21.3 Å². The van der Waals surface area contributed by atoms with Gasteiger partial charge in [-0.15, -0.1) is 0 Å². The summed E-state index contributed by atoms with van der Waals surface area (Å²) < 4.78 is 19.8. The summed E-state index contributed by atoms with van der Waals surface area (Å²) in [7, 11) is 0. The molecule has 1 spiro atoms. The van der Waals surface area contributed by atoms with Gasteiger partial charge in [-0.1, -0.05) is 31.5 Å². The summed E-state index contributed by atoms with van der Waals surface area (Å²) in [5.74, 6) is -0.377. The maximum atomic E-state index is 13.3. The second-order valence-electron chi connectivity index (χ2n) is 7.26. The molecule has 21 heavy (non-hydrogen) atoms. The number of ether oxygens (including phenoxy) is 1. The summed E-state index contributed by atoms with van der Waals surface area (Å²) in [5, 5.41) is 3.66. The third kappa shape index (κ3) is 3.25. The first-order valence-corrected chi connectivity index (χ1v) is 8.11. The molecule has 1 saturated carbocycles. The molecule has 1 saturated heterocycles. The van der Waals surface area contributed by atoms with E-state index in [0.717, 1.165) is 31.5 Å². The minimum Gasteiger partial charge on any atom is -0.364 e. The monoisotopic (exact) mass is 311 g/mol. The van der Waals surface area contributed by atoms with E-state index in [2.05, 4.69) is 19.2 Å². The van der Waals surface area contributed by atoms with Crippen molar-refractivity contribution >= 4 is 11.6 Å². The van der Waals surface area contributed by atoms with Crippen LogP contribution >= 0.6 is 11.6 Å². The van der Waals surface area contributed by atoms with Crippen LogP contribution in [-0.2, 0) is 4.74 Å². The molecule has 4 heteroatoms. The van der Waals surface area contributed by atoms with Crippen LogP contribution < -0.4 is 5.32 Å². The van der Waals surface area contributed by atoms with E-state index >= 15 is 0 Å². The van der Waals surface area contributed by atoms with Gasteiger partial charge < -0.3 is 10.1 Å². The average Bonchev–Trinajstić information content (AvgIpc) is 2.46. The molecule has 0 amide bonds. The molecule has 1 N–H and O–H groups in total. The van der Waals surface area contributed by atoms with Crippen LogP contribution in [0.2, 0.25) is 5.02 Å². The fourth-order valence-electron chi connectivity index (χ4n) is 3.39. The van der Waals surface area contributed by atoms with Crippen LogP contribution in [-0.4, -0.2) is 18.7 Å². The highest BCUT2D eigenvalue weighted by atomic mass is 35.5. The molecule has 1 unspecified atom stereocenters. The van der Waals surface area contributed by atoms with Crippen molar-refractivity contribution in [1.82, 2.24) is 5.32 Å². The largest absolute Gasteiger partial charge is 0.364 e. The van der Waals surface area contributed by atoms with Gasteiger partial charge in [-0.25, -0.2) is 4.39 Å². The summed E-state index contributed by atoms with van der Waals surface area (Å²) in [6.07, 6.45) is 4.49. The molecule has 1 heterocycles. The van der Waals surface area contributed by atoms with E-state index < -0.39 is 0 Å². The van der Waals surface area contributed by atoms with Crippen molar-refractivity contribution in [3.8, 4) is 0 Å². The van der Waals surface area contributed by atoms with E-state index in [1.807, 2.05) is 0 Å². The number of hydrogen-bond acceptors (Lipinski definition) is 2. The van der Waals surface area contributed by atoms with E-state index in [4.69, 9.17) is 16.3 Å². The van der Waals surface area contributed by atoms with Gasteiger partial charge >= 0.3 is 0 Å². The second kappa shape index (κ2) is 5.53. The molecule has 116 valence electrons. The van der Waals surface area contributed by atoms with E-state index in [1.54, 1.807) is 12.1 Å². The average molecular weight is 312 g/mol. The number of morpholine rings is 1. The molecule has 2 fully saturated rings. The SMILES string of the molecule is CC1(C)CCC2(CC1)CNCC(c1ccc(F)c(Cl)c1)O2. The fourth-order valence-corrected chi connectivity index (χ4v) is 3.58. The Bertz CT molecular complexity index is 522. The van der Waals surface area contributed by atoms with E-state index in [1.165, 1.54) is 18.9 Å². The van der Waals surface area contributed by atoms with Gasteiger partial charge in [0.05, 0.1) is 16.7 Å². The lowest BCUT2D eigenvalue weighted by Crippen LogP contribution is -2.53. The molecular formula is C17H23ClFNO. The standard InChI is InChI=1S/C17H23ClFNO/c1-16(2)5-7-17(8-6-16)11-20-10-15(21-17)12-3-4-14(19)13(18)9-12/h3-4,9,15,20H,5-8,10-11H2,1-2H3. The minimum atomic E-state index is -0.377. The van der Waals surface area contributed by atoms with E-state index in [9.17, 15) is 4.39 Å². The van der Waals surface area contributed by atoms with Crippen LogP contribution in [0.5, 0.6) is 0 Å². The summed E-state index contributed by atoms with van der Waals surface area (Å²) in [6, 6.07) is 4.89. The van der Waals surface area contributed by atoms with Crippen LogP contribution in [0.3, 0.4) is 0 Å². The summed E-state index contributed by atoms with van der Waals surface area (Å²) in [6.45, 7) is 6.32. The molecule has 2 aliphatic rings. The zero-order valence-corrected chi connectivity index (χ0v) is 13.5. The first-order valence-electron chi connectivity index (χ1n) is 7.73. The maximum Gasteiger partial charge on any atom is 0.141 e. The Morgan fingerprint density at radius 1 is 1.24 bits per heavy atom. The number of rotatable bonds is 1. The normalized spacial score (nSPS) is 27.7. The van der Waals surface area contributed by atoms with Gasteiger partial charge in [-0.2, -0.15) is 0 Å². The lowest BCUT2D eigenvalue weighted by atomic mass is 9.70. The fraction of sp³-hybridized carbons (Fsp3) is 0.647. The Morgan fingerprint density at radius 3 is 2.62 bits per heavy atom. The number of hydrogen-bond donors (Lipinski definition) is 1. The highest BCUT2D eigenvalue weighted by Crippen LogP contribution is 2.45. The zero-order chi connectivity index (χ0) is 15.1. The third-order valence-corrected chi connectivity index (χ3v) is 5.29. The summed E-state index contributed by atoms with van der Waals surface area (Å²) in [5.41, 5.74) is 1.30. The van der Waals surface area contributed by atoms with Crippen LogP contribution in [0, 0.1) is 11.2 Å². The van der Waals surface area contributed by atoms with E-state index in [0.29, 0.717) is 5.41 Å². The summed E-state index contributed by atoms with van der Waals surface area (Å²) in [4.78, 5) is 0. The van der Waals surface area contributed by atoms with Crippen molar-refractivity contribution in [3.05, 3.63) is 34.6 Å². The maximum absolute atomic E-state index is 13.3. The molecular weight excluding hydrogens is 289 g/mol. The number of benzene rings is 1. The lowest BCUT2D eigenvalue weighted by molar-refractivity contribution is -0.147. The van der Waals surface area contributed by atoms with Gasteiger partial charge in [0.25, 0.3) is 0 Å². The van der Waals surface area contributed by atoms with Crippen LogP contribution in [0.15, 0.2) is 18.2 Å². The van der Waals surface area contributed by atoms with Gasteiger partial charge in [0.15, 0.2) is 0 Å². The number of nitrogens with one attached hydrogen (secondary N) is 1.